The lowest BCUT2D eigenvalue weighted by molar-refractivity contribution is -0.0564. The molecule has 10 atom stereocenters. The van der Waals surface area contributed by atoms with E-state index in [4.69, 9.17) is 81.7 Å². The second-order valence-electron chi connectivity index (χ2n) is 10.9. The lowest BCUT2D eigenvalue weighted by Crippen LogP contribution is -2.37. The van der Waals surface area contributed by atoms with E-state index in [9.17, 15) is 9.46 Å². The van der Waals surface area contributed by atoms with Crippen molar-refractivity contribution in [2.45, 2.75) is 56.1 Å². The number of halogens is 5. The molecule has 3 fully saturated rings. The molecule has 3 saturated heterocycles. The van der Waals surface area contributed by atoms with E-state index >= 15 is 8.78 Å². The van der Waals surface area contributed by atoms with Gasteiger partial charge in [0.1, 0.15) is 24.4 Å². The number of benzene rings is 2. The maximum Gasteiger partial charge on any atom is 0.325 e. The quantitative estimate of drug-likeness (QED) is 0.187. The monoisotopic (exact) mass is 754 g/mol. The third kappa shape index (κ3) is 6.08. The molecule has 0 aliphatic carbocycles. The standard InChI is InChI=1S/C25H22BCl3F2N4O8P2S/c1-10-2-16-14(3-11(10)27)32-8-34(16)24-20(30)22-19(41-24)7-39-45(37,46)43-23-18(6-38-44(26,36)42-22)40-25(21(23)31)35-9-33-15-4-12(28)13(29)5-17(15)35/h2-5,8-9,18-25H,6-7H2,1H3,(H,37,46)/t18-,19-,20+,21?,22?,23+,24-,25-,44?,45?/m1/s1. The van der Waals surface area contributed by atoms with Crippen LogP contribution in [0.2, 0.25) is 15.1 Å². The molecular weight excluding hydrogens is 733 g/mol. The van der Waals surface area contributed by atoms with Gasteiger partial charge in [0.05, 0.1) is 58.0 Å². The zero-order chi connectivity index (χ0) is 32.7. The van der Waals surface area contributed by atoms with Crippen molar-refractivity contribution < 1.29 is 45.8 Å². The summed E-state index contributed by atoms with van der Waals surface area (Å²) in [6.45, 7) is -3.73. The van der Waals surface area contributed by atoms with Crippen molar-refractivity contribution in [3.63, 3.8) is 0 Å². The Morgan fingerprint density at radius 2 is 1.37 bits per heavy atom. The molecule has 3 aliphatic heterocycles. The summed E-state index contributed by atoms with van der Waals surface area (Å²) in [6.07, 6.45) is -9.90. The van der Waals surface area contributed by atoms with E-state index in [1.54, 1.807) is 19.1 Å². The van der Waals surface area contributed by atoms with Crippen LogP contribution in [0.1, 0.15) is 18.0 Å². The van der Waals surface area contributed by atoms with Crippen molar-refractivity contribution in [3.8, 4) is 0 Å². The van der Waals surface area contributed by atoms with Crippen molar-refractivity contribution >= 4 is 90.4 Å². The summed E-state index contributed by atoms with van der Waals surface area (Å²) >= 11 is 23.7. The van der Waals surface area contributed by atoms with E-state index in [2.05, 4.69) is 9.97 Å². The molecule has 46 heavy (non-hydrogen) atoms. The van der Waals surface area contributed by atoms with Crippen molar-refractivity contribution in [2.24, 2.45) is 0 Å². The van der Waals surface area contributed by atoms with Crippen LogP contribution < -0.4 is 0 Å². The molecule has 5 heterocycles. The zero-order valence-electron chi connectivity index (χ0n) is 23.4. The second-order valence-corrected chi connectivity index (χ2v) is 16.5. The first-order valence-electron chi connectivity index (χ1n) is 13.6. The predicted octanol–water partition coefficient (Wildman–Crippen LogP) is 6.14. The first kappa shape index (κ1) is 33.3. The highest BCUT2D eigenvalue weighted by Gasteiger charge is 2.53. The summed E-state index contributed by atoms with van der Waals surface area (Å²) in [6, 6.07) is 6.31. The number of rotatable bonds is 2. The first-order chi connectivity index (χ1) is 21.7. The van der Waals surface area contributed by atoms with E-state index in [1.165, 1.54) is 33.9 Å². The van der Waals surface area contributed by atoms with Gasteiger partial charge in [-0.3, -0.25) is 9.09 Å². The molecule has 3 aliphatic rings. The third-order valence-corrected chi connectivity index (χ3v) is 11.6. The molecule has 2 radical (unpaired) electrons. The minimum absolute atomic E-state index is 0.192. The van der Waals surface area contributed by atoms with Crippen LogP contribution >= 0.6 is 49.0 Å². The van der Waals surface area contributed by atoms with Gasteiger partial charge in [-0.25, -0.2) is 18.7 Å². The van der Waals surface area contributed by atoms with Gasteiger partial charge in [0.2, 0.25) is 7.57 Å². The number of alkyl halides is 2. The highest BCUT2D eigenvalue weighted by atomic mass is 35.5. The smallest absolute Gasteiger partial charge is 0.325 e. The van der Waals surface area contributed by atoms with Crippen LogP contribution in [0, 0.1) is 6.92 Å². The maximum atomic E-state index is 16.1. The zero-order valence-corrected chi connectivity index (χ0v) is 28.2. The highest BCUT2D eigenvalue weighted by Crippen LogP contribution is 2.54. The number of nitrogens with zero attached hydrogens (tertiary/aromatic N) is 4. The van der Waals surface area contributed by atoms with Crippen LogP contribution in [0.15, 0.2) is 36.9 Å². The van der Waals surface area contributed by atoms with Crippen molar-refractivity contribution in [1.29, 1.82) is 0 Å². The second kappa shape index (κ2) is 12.3. The summed E-state index contributed by atoms with van der Waals surface area (Å²) in [5, 5.41) is 0.906. The van der Waals surface area contributed by atoms with Gasteiger partial charge >= 0.3 is 6.72 Å². The molecule has 0 saturated carbocycles. The summed E-state index contributed by atoms with van der Waals surface area (Å²) < 4.78 is 82.1. The Labute approximate surface area is 281 Å². The van der Waals surface area contributed by atoms with E-state index < -0.39 is 76.6 Å². The van der Waals surface area contributed by atoms with Gasteiger partial charge in [-0.05, 0) is 48.6 Å². The molecule has 4 unspecified atom stereocenters. The summed E-state index contributed by atoms with van der Waals surface area (Å²) in [7, 11) is 1.34. The number of hydrogen-bond donors (Lipinski definition) is 1. The Morgan fingerprint density at radius 1 is 0.870 bits per heavy atom. The number of aromatic nitrogens is 4. The SMILES string of the molecule is [B]P1(=O)OC[C@H]2O[C@@H](n3cnc4cc(Cl)c(Cl)cc43)C(F)[C@H]2OP(O)(=S)OC[C@H]2O[C@@H](n3cnc4cc(Cl)c(C)cc43)[C@@H](F)C2O1. The molecule has 2 aromatic heterocycles. The molecule has 244 valence electrons. The fourth-order valence-electron chi connectivity index (χ4n) is 5.67. The van der Waals surface area contributed by atoms with Gasteiger partial charge in [0, 0.05) is 5.02 Å². The average Bonchev–Trinajstić information content (AvgIpc) is 3.72. The van der Waals surface area contributed by atoms with E-state index in [1.807, 2.05) is 0 Å². The Balaban J connectivity index is 1.16. The van der Waals surface area contributed by atoms with Gasteiger partial charge in [0.15, 0.2) is 24.8 Å². The van der Waals surface area contributed by atoms with Gasteiger partial charge in [-0.2, -0.15) is 0 Å². The molecular formula is C25H22BCl3F2N4O8P2S. The Morgan fingerprint density at radius 3 is 1.98 bits per heavy atom. The average molecular weight is 756 g/mol. The highest BCUT2D eigenvalue weighted by molar-refractivity contribution is 8.07. The van der Waals surface area contributed by atoms with Gasteiger partial charge in [-0.1, -0.05) is 34.8 Å². The van der Waals surface area contributed by atoms with Crippen LogP contribution in [-0.4, -0.2) is 81.5 Å². The molecule has 0 bridgehead atoms. The van der Waals surface area contributed by atoms with E-state index in [-0.39, 0.29) is 10.0 Å². The normalized spacial score (nSPS) is 37.2. The molecule has 0 amide bonds. The largest absolute Gasteiger partial charge is 0.346 e. The van der Waals surface area contributed by atoms with Gasteiger partial charge in [0.25, 0.3) is 7.47 Å². The van der Waals surface area contributed by atoms with Crippen LogP contribution in [0.4, 0.5) is 8.78 Å². The molecule has 12 nitrogen and oxygen atoms in total. The molecule has 21 heteroatoms. The van der Waals surface area contributed by atoms with Crippen molar-refractivity contribution in [1.82, 2.24) is 19.1 Å². The fourth-order valence-corrected chi connectivity index (χ4v) is 8.58. The van der Waals surface area contributed by atoms with E-state index in [0.717, 1.165) is 0 Å². The number of hydrogen-bond acceptors (Lipinski definition) is 10. The number of ether oxygens (including phenoxy) is 2. The first-order valence-corrected chi connectivity index (χ1v) is 19.0. The lowest BCUT2D eigenvalue weighted by atomic mass is 10.1. The fraction of sp³-hybridized carbons (Fsp3) is 0.440. The lowest BCUT2D eigenvalue weighted by Gasteiger charge is -2.29. The molecule has 2 aromatic carbocycles. The summed E-state index contributed by atoms with van der Waals surface area (Å²) in [5.41, 5.74) is 2.47. The van der Waals surface area contributed by atoms with Crippen LogP contribution in [0.5, 0.6) is 0 Å². The molecule has 7 rings (SSSR count). The van der Waals surface area contributed by atoms with E-state index in [0.29, 0.717) is 32.7 Å². The van der Waals surface area contributed by atoms with Crippen LogP contribution in [0.3, 0.4) is 0 Å². The topological polar surface area (TPSA) is 128 Å². The number of imidazole rings is 2. The van der Waals surface area contributed by atoms with Crippen LogP contribution in [-0.2, 0) is 43.9 Å². The predicted molar refractivity (Wildman–Crippen MR) is 168 cm³/mol. The maximum absolute atomic E-state index is 16.1. The molecule has 4 aromatic rings. The van der Waals surface area contributed by atoms with Gasteiger partial charge < -0.3 is 37.1 Å². The minimum Gasteiger partial charge on any atom is -0.346 e. The third-order valence-electron chi connectivity index (χ3n) is 7.90. The van der Waals surface area contributed by atoms with Crippen LogP contribution in [0.25, 0.3) is 22.1 Å². The molecule has 0 spiro atoms. The summed E-state index contributed by atoms with van der Waals surface area (Å²) in [4.78, 5) is 19.5. The Kier molecular flexibility index (Phi) is 8.88. The Bertz CT molecular complexity index is 1810. The van der Waals surface area contributed by atoms with Gasteiger partial charge in [-0.15, -0.1) is 0 Å². The van der Waals surface area contributed by atoms with Crippen molar-refractivity contribution in [2.75, 3.05) is 13.2 Å². The number of aryl methyl sites for hydroxylation is 1. The Hall–Kier alpha value is -1.23. The summed E-state index contributed by atoms with van der Waals surface area (Å²) in [5.74, 6) is 0. The number of fused-ring (bicyclic) bond motifs is 4. The minimum atomic E-state index is -4.55. The van der Waals surface area contributed by atoms with Crippen molar-refractivity contribution in [3.05, 3.63) is 57.6 Å². The molecule has 1 N–H and O–H groups in total.